The minimum Gasteiger partial charge on any atom is -0.481 e. The lowest BCUT2D eigenvalue weighted by atomic mass is 9.75. The van der Waals surface area contributed by atoms with E-state index in [2.05, 4.69) is 4.74 Å². The first-order chi connectivity index (χ1) is 7.06. The highest BCUT2D eigenvalue weighted by atomic mass is 16.6. The van der Waals surface area contributed by atoms with E-state index in [1.807, 2.05) is 0 Å². The van der Waals surface area contributed by atoms with Gasteiger partial charge in [-0.15, -0.1) is 0 Å². The topological polar surface area (TPSA) is 80.7 Å². The van der Waals surface area contributed by atoms with Crippen LogP contribution in [0, 0.1) is 23.2 Å². The van der Waals surface area contributed by atoms with Gasteiger partial charge in [-0.2, -0.15) is 0 Å². The van der Waals surface area contributed by atoms with Crippen LogP contribution in [0.4, 0.5) is 0 Å². The van der Waals surface area contributed by atoms with Gasteiger partial charge in [0.1, 0.15) is 5.41 Å². The van der Waals surface area contributed by atoms with Crippen molar-refractivity contribution >= 4 is 17.9 Å². The fraction of sp³-hybridized carbons (Fsp3) is 0.500. The SMILES string of the molecule is O=C(O)C1C2C=CC3(C2)C(=O)OC(=O)C13. The van der Waals surface area contributed by atoms with Crippen LogP contribution in [0.2, 0.25) is 0 Å². The van der Waals surface area contributed by atoms with E-state index in [1.54, 1.807) is 12.2 Å². The third-order valence-electron chi connectivity index (χ3n) is 3.70. The predicted molar refractivity (Wildman–Crippen MR) is 45.4 cm³/mol. The van der Waals surface area contributed by atoms with Gasteiger partial charge in [0.2, 0.25) is 0 Å². The van der Waals surface area contributed by atoms with Crippen molar-refractivity contribution in [3.63, 3.8) is 0 Å². The molecule has 0 radical (unpaired) electrons. The number of hydrogen-bond acceptors (Lipinski definition) is 4. The lowest BCUT2D eigenvalue weighted by Crippen LogP contribution is -2.34. The minimum absolute atomic E-state index is 0.204. The number of aliphatic carboxylic acids is 1. The zero-order valence-corrected chi connectivity index (χ0v) is 7.67. The molecule has 78 valence electrons. The summed E-state index contributed by atoms with van der Waals surface area (Å²) in [7, 11) is 0. The summed E-state index contributed by atoms with van der Waals surface area (Å²) in [4.78, 5) is 34.0. The Labute approximate surface area is 84.7 Å². The number of ether oxygens (including phenoxy) is 1. The quantitative estimate of drug-likeness (QED) is 0.371. The fourth-order valence-corrected chi connectivity index (χ4v) is 3.08. The molecule has 0 aromatic heterocycles. The van der Waals surface area contributed by atoms with Crippen molar-refractivity contribution in [2.75, 3.05) is 0 Å². The van der Waals surface area contributed by atoms with E-state index in [1.165, 1.54) is 0 Å². The average molecular weight is 208 g/mol. The normalized spacial score (nSPS) is 45.7. The van der Waals surface area contributed by atoms with E-state index in [0.29, 0.717) is 6.42 Å². The molecule has 1 aliphatic heterocycles. The molecule has 3 rings (SSSR count). The van der Waals surface area contributed by atoms with Crippen LogP contribution in [0.1, 0.15) is 6.42 Å². The Bertz CT molecular complexity index is 424. The van der Waals surface area contributed by atoms with Gasteiger partial charge in [-0.3, -0.25) is 14.4 Å². The van der Waals surface area contributed by atoms with E-state index in [4.69, 9.17) is 5.11 Å². The molecular formula is C10H8O5. The maximum Gasteiger partial charge on any atom is 0.324 e. The first-order valence-corrected chi connectivity index (χ1v) is 4.74. The van der Waals surface area contributed by atoms with Crippen LogP contribution in [0.5, 0.6) is 0 Å². The average Bonchev–Trinajstić information content (AvgIpc) is 2.77. The van der Waals surface area contributed by atoms with Crippen molar-refractivity contribution in [2.45, 2.75) is 6.42 Å². The summed E-state index contributed by atoms with van der Waals surface area (Å²) in [6.07, 6.45) is 3.77. The number of rotatable bonds is 1. The molecule has 5 heteroatoms. The smallest absolute Gasteiger partial charge is 0.324 e. The molecule has 1 heterocycles. The van der Waals surface area contributed by atoms with E-state index in [9.17, 15) is 14.4 Å². The standard InChI is InChI=1S/C10H8O5/c11-7(12)5-4-1-2-10(3-4)6(5)8(13)15-9(10)14/h1-2,4-6H,3H2,(H,11,12). The van der Waals surface area contributed by atoms with Crippen LogP contribution in [0.25, 0.3) is 0 Å². The van der Waals surface area contributed by atoms with Gasteiger partial charge in [0.25, 0.3) is 0 Å². The van der Waals surface area contributed by atoms with Gasteiger partial charge in [-0.1, -0.05) is 12.2 Å². The third kappa shape index (κ3) is 0.774. The van der Waals surface area contributed by atoms with E-state index >= 15 is 0 Å². The molecule has 0 amide bonds. The maximum atomic E-state index is 11.5. The minimum atomic E-state index is -1.03. The Balaban J connectivity index is 2.14. The van der Waals surface area contributed by atoms with Crippen LogP contribution >= 0.6 is 0 Å². The highest BCUT2D eigenvalue weighted by molar-refractivity contribution is 6.04. The molecule has 4 unspecified atom stereocenters. The van der Waals surface area contributed by atoms with Crippen molar-refractivity contribution in [2.24, 2.45) is 23.2 Å². The molecule has 4 atom stereocenters. The summed E-state index contributed by atoms with van der Waals surface area (Å²) < 4.78 is 4.54. The number of carbonyl (C=O) groups excluding carboxylic acids is 2. The molecule has 1 saturated carbocycles. The van der Waals surface area contributed by atoms with Crippen molar-refractivity contribution in [3.05, 3.63) is 12.2 Å². The molecule has 2 bridgehead atoms. The number of carboxylic acid groups (broad SMARTS) is 1. The first-order valence-electron chi connectivity index (χ1n) is 4.74. The molecule has 1 N–H and O–H groups in total. The number of fused-ring (bicyclic) bond motifs is 1. The van der Waals surface area contributed by atoms with Crippen LogP contribution in [0.3, 0.4) is 0 Å². The van der Waals surface area contributed by atoms with Gasteiger partial charge < -0.3 is 9.84 Å². The molecule has 0 aromatic carbocycles. The highest BCUT2D eigenvalue weighted by Gasteiger charge is 2.69. The number of esters is 2. The Morgan fingerprint density at radius 1 is 1.53 bits per heavy atom. The molecule has 0 aromatic rings. The molecular weight excluding hydrogens is 200 g/mol. The molecule has 2 aliphatic carbocycles. The largest absolute Gasteiger partial charge is 0.481 e. The summed E-state index contributed by atoms with van der Waals surface area (Å²) >= 11 is 0. The zero-order chi connectivity index (χ0) is 10.8. The Hall–Kier alpha value is -1.65. The number of cyclic esters (lactones) is 2. The Morgan fingerprint density at radius 3 is 2.93 bits per heavy atom. The molecule has 2 fully saturated rings. The lowest BCUT2D eigenvalue weighted by molar-refractivity contribution is -0.158. The van der Waals surface area contributed by atoms with Crippen LogP contribution in [-0.4, -0.2) is 23.0 Å². The van der Waals surface area contributed by atoms with Crippen LogP contribution < -0.4 is 0 Å². The molecule has 1 spiro atoms. The van der Waals surface area contributed by atoms with E-state index in [-0.39, 0.29) is 5.92 Å². The second kappa shape index (κ2) is 2.29. The second-order valence-electron chi connectivity index (χ2n) is 4.32. The Kier molecular flexibility index (Phi) is 1.32. The Morgan fingerprint density at radius 2 is 2.27 bits per heavy atom. The first kappa shape index (κ1) is 8.64. The number of hydrogen-bond donors (Lipinski definition) is 1. The lowest BCUT2D eigenvalue weighted by Gasteiger charge is -2.21. The van der Waals surface area contributed by atoms with E-state index < -0.39 is 35.2 Å². The third-order valence-corrected chi connectivity index (χ3v) is 3.70. The molecule has 5 nitrogen and oxygen atoms in total. The van der Waals surface area contributed by atoms with Crippen molar-refractivity contribution in [1.82, 2.24) is 0 Å². The highest BCUT2D eigenvalue weighted by Crippen LogP contribution is 2.60. The predicted octanol–water partition coefficient (Wildman–Crippen LogP) is -0.0371. The molecule has 15 heavy (non-hydrogen) atoms. The van der Waals surface area contributed by atoms with E-state index in [0.717, 1.165) is 0 Å². The monoisotopic (exact) mass is 208 g/mol. The van der Waals surface area contributed by atoms with Crippen molar-refractivity contribution in [3.8, 4) is 0 Å². The maximum absolute atomic E-state index is 11.5. The number of allylic oxidation sites excluding steroid dienone is 1. The van der Waals surface area contributed by atoms with Crippen LogP contribution in [-0.2, 0) is 19.1 Å². The summed E-state index contributed by atoms with van der Waals surface area (Å²) in [5.74, 6) is -4.10. The summed E-state index contributed by atoms with van der Waals surface area (Å²) in [6, 6.07) is 0. The summed E-state index contributed by atoms with van der Waals surface area (Å²) in [5.41, 5.74) is -0.967. The number of carboxylic acids is 1. The fourth-order valence-electron chi connectivity index (χ4n) is 3.08. The summed E-state index contributed by atoms with van der Waals surface area (Å²) in [6.45, 7) is 0. The van der Waals surface area contributed by atoms with Crippen LogP contribution in [0.15, 0.2) is 12.2 Å². The second-order valence-corrected chi connectivity index (χ2v) is 4.32. The zero-order valence-electron chi connectivity index (χ0n) is 7.67. The van der Waals surface area contributed by atoms with Gasteiger partial charge >= 0.3 is 17.9 Å². The van der Waals surface area contributed by atoms with Gasteiger partial charge in [-0.05, 0) is 12.3 Å². The van der Waals surface area contributed by atoms with Gasteiger partial charge in [0.05, 0.1) is 11.8 Å². The van der Waals surface area contributed by atoms with Gasteiger partial charge in [-0.25, -0.2) is 0 Å². The summed E-state index contributed by atoms with van der Waals surface area (Å²) in [5, 5.41) is 9.03. The molecule has 1 saturated heterocycles. The van der Waals surface area contributed by atoms with Crippen molar-refractivity contribution < 1.29 is 24.2 Å². The molecule has 3 aliphatic rings. The number of carbonyl (C=O) groups is 3. The van der Waals surface area contributed by atoms with Gasteiger partial charge in [0.15, 0.2) is 0 Å². The van der Waals surface area contributed by atoms with Crippen molar-refractivity contribution in [1.29, 1.82) is 0 Å². The van der Waals surface area contributed by atoms with Gasteiger partial charge in [0, 0.05) is 0 Å².